The van der Waals surface area contributed by atoms with Crippen LogP contribution in [0.4, 0.5) is 11.4 Å². The molecule has 0 spiro atoms. The van der Waals surface area contributed by atoms with Crippen molar-refractivity contribution in [2.75, 3.05) is 24.5 Å². The van der Waals surface area contributed by atoms with Gasteiger partial charge in [0.25, 0.3) is 17.7 Å². The molecule has 6 rings (SSSR count). The predicted octanol–water partition coefficient (Wildman–Crippen LogP) is 6.81. The van der Waals surface area contributed by atoms with Crippen LogP contribution >= 0.6 is 11.8 Å². The first kappa shape index (κ1) is 36.1. The third kappa shape index (κ3) is 9.18. The number of carbonyl (C=O) groups is 4. The van der Waals surface area contributed by atoms with Gasteiger partial charge in [-0.25, -0.2) is 0 Å². The molecule has 5 aromatic rings. The third-order valence-electron chi connectivity index (χ3n) is 8.00. The van der Waals surface area contributed by atoms with Crippen molar-refractivity contribution in [1.29, 1.82) is 0 Å². The van der Waals surface area contributed by atoms with Gasteiger partial charge in [-0.15, -0.1) is 11.8 Å². The molecular formula is C41H35N5O6S. The zero-order valence-corrected chi connectivity index (χ0v) is 29.6. The Morgan fingerprint density at radius 1 is 0.774 bits per heavy atom. The number of hydrogen-bond donors (Lipinski definition) is 3. The molecular weight excluding hydrogens is 691 g/mol. The standard InChI is InChI=1S/C41H35N5O6S/c1-51-34-23-18-27(25-35(34)52-2)24-33(43-39(48)29-14-8-4-9-15-29)40(49)42-30-19-21-32(22-20-30)53-38(28-12-6-3-7-13-28)41(50)44-36-26-37(47)46(45-36)31-16-10-5-11-17-31/h3-25,38H,26H2,1-2H3,(H,42,49)(H,43,48)(H,44,45,50)/b33-24-. The second kappa shape index (κ2) is 17.0. The van der Waals surface area contributed by atoms with Gasteiger partial charge in [0.05, 0.1) is 26.3 Å². The second-order valence-corrected chi connectivity index (χ2v) is 12.8. The molecule has 0 bridgehead atoms. The maximum atomic E-state index is 13.7. The molecule has 1 aliphatic rings. The lowest BCUT2D eigenvalue weighted by molar-refractivity contribution is -0.119. The summed E-state index contributed by atoms with van der Waals surface area (Å²) in [5, 5.41) is 13.4. The van der Waals surface area contributed by atoms with E-state index in [1.807, 2.05) is 48.5 Å². The molecule has 0 saturated heterocycles. The molecule has 12 heteroatoms. The monoisotopic (exact) mass is 725 g/mol. The lowest BCUT2D eigenvalue weighted by Crippen LogP contribution is -2.33. The molecule has 3 N–H and O–H groups in total. The summed E-state index contributed by atoms with van der Waals surface area (Å²) >= 11 is 1.31. The van der Waals surface area contributed by atoms with Crippen molar-refractivity contribution in [2.45, 2.75) is 16.6 Å². The normalized spacial score (nSPS) is 13.1. The Kier molecular flexibility index (Phi) is 11.6. The van der Waals surface area contributed by atoms with E-state index in [0.717, 1.165) is 10.5 Å². The Hall–Kier alpha value is -6.66. The van der Waals surface area contributed by atoms with Crippen LogP contribution in [0, 0.1) is 0 Å². The third-order valence-corrected chi connectivity index (χ3v) is 9.26. The van der Waals surface area contributed by atoms with E-state index >= 15 is 0 Å². The van der Waals surface area contributed by atoms with Crippen LogP contribution in [0.3, 0.4) is 0 Å². The predicted molar refractivity (Wildman–Crippen MR) is 206 cm³/mol. The summed E-state index contributed by atoms with van der Waals surface area (Å²) < 4.78 is 10.7. The van der Waals surface area contributed by atoms with E-state index in [0.29, 0.717) is 34.0 Å². The van der Waals surface area contributed by atoms with E-state index in [2.05, 4.69) is 21.1 Å². The number of amidine groups is 1. The van der Waals surface area contributed by atoms with Crippen LogP contribution in [0.1, 0.15) is 33.2 Å². The average molecular weight is 726 g/mol. The van der Waals surface area contributed by atoms with Crippen molar-refractivity contribution in [3.63, 3.8) is 0 Å². The molecule has 266 valence electrons. The Morgan fingerprint density at radius 3 is 2.08 bits per heavy atom. The number of nitrogens with one attached hydrogen (secondary N) is 3. The number of benzene rings is 5. The largest absolute Gasteiger partial charge is 0.493 e. The van der Waals surface area contributed by atoms with Crippen LogP contribution in [0.5, 0.6) is 11.5 Å². The highest BCUT2D eigenvalue weighted by molar-refractivity contribution is 8.00. The van der Waals surface area contributed by atoms with E-state index in [9.17, 15) is 19.2 Å². The lowest BCUT2D eigenvalue weighted by atomic mass is 10.1. The minimum Gasteiger partial charge on any atom is -0.493 e. The topological polar surface area (TPSA) is 138 Å². The number of rotatable bonds is 12. The van der Waals surface area contributed by atoms with Gasteiger partial charge in [0.15, 0.2) is 11.5 Å². The zero-order valence-electron chi connectivity index (χ0n) is 28.8. The van der Waals surface area contributed by atoms with Crippen molar-refractivity contribution in [3.8, 4) is 11.5 Å². The molecule has 0 saturated carbocycles. The van der Waals surface area contributed by atoms with Gasteiger partial charge in [0.2, 0.25) is 5.91 Å². The van der Waals surface area contributed by atoms with Crippen molar-refractivity contribution < 1.29 is 28.7 Å². The molecule has 0 radical (unpaired) electrons. The van der Waals surface area contributed by atoms with Crippen LogP contribution in [0.2, 0.25) is 0 Å². The van der Waals surface area contributed by atoms with E-state index in [1.54, 1.807) is 91.0 Å². The highest BCUT2D eigenvalue weighted by Crippen LogP contribution is 2.36. The first-order chi connectivity index (χ1) is 25.8. The average Bonchev–Trinajstić information content (AvgIpc) is 3.57. The van der Waals surface area contributed by atoms with Gasteiger partial charge in [-0.05, 0) is 77.9 Å². The fraction of sp³-hybridized carbons (Fsp3) is 0.0976. The minimum atomic E-state index is -0.676. The first-order valence-corrected chi connectivity index (χ1v) is 17.4. The Balaban J connectivity index is 1.19. The molecule has 1 unspecified atom stereocenters. The minimum absolute atomic E-state index is 0.00414. The van der Waals surface area contributed by atoms with Crippen LogP contribution in [-0.2, 0) is 14.4 Å². The molecule has 53 heavy (non-hydrogen) atoms. The number of methoxy groups -OCH3 is 2. The number of carbonyl (C=O) groups excluding carboxylic acids is 4. The summed E-state index contributed by atoms with van der Waals surface area (Å²) in [5.74, 6) is -0.336. The maximum absolute atomic E-state index is 13.7. The quantitative estimate of drug-likeness (QED) is 0.0949. The van der Waals surface area contributed by atoms with Crippen LogP contribution in [0.15, 0.2) is 149 Å². The summed E-state index contributed by atoms with van der Waals surface area (Å²) in [6.45, 7) is 0. The maximum Gasteiger partial charge on any atom is 0.272 e. The fourth-order valence-electron chi connectivity index (χ4n) is 5.38. The number of hydrazone groups is 1. The van der Waals surface area contributed by atoms with E-state index < -0.39 is 17.1 Å². The molecule has 1 atom stereocenters. The van der Waals surface area contributed by atoms with Gasteiger partial charge >= 0.3 is 0 Å². The van der Waals surface area contributed by atoms with Gasteiger partial charge < -0.3 is 25.4 Å². The van der Waals surface area contributed by atoms with Crippen LogP contribution in [-0.4, -0.2) is 43.7 Å². The van der Waals surface area contributed by atoms with Crippen molar-refractivity contribution in [1.82, 2.24) is 10.6 Å². The fourth-order valence-corrected chi connectivity index (χ4v) is 6.41. The molecule has 0 aliphatic carbocycles. The Morgan fingerprint density at radius 2 is 1.42 bits per heavy atom. The Bertz CT molecular complexity index is 2160. The van der Waals surface area contributed by atoms with Crippen molar-refractivity contribution in [2.24, 2.45) is 5.10 Å². The molecule has 0 aromatic heterocycles. The molecule has 11 nitrogen and oxygen atoms in total. The summed E-state index contributed by atoms with van der Waals surface area (Å²) in [7, 11) is 3.04. The molecule has 1 aliphatic heterocycles. The summed E-state index contributed by atoms with van der Waals surface area (Å²) in [6.07, 6.45) is 1.52. The van der Waals surface area contributed by atoms with Gasteiger partial charge in [0.1, 0.15) is 16.8 Å². The zero-order chi connectivity index (χ0) is 37.2. The number of ether oxygens (including phenoxy) is 2. The number of para-hydroxylation sites is 1. The number of anilines is 2. The number of amides is 4. The molecule has 4 amide bonds. The molecule has 0 fully saturated rings. The van der Waals surface area contributed by atoms with E-state index in [4.69, 9.17) is 9.47 Å². The lowest BCUT2D eigenvalue weighted by Gasteiger charge is -2.17. The van der Waals surface area contributed by atoms with Crippen LogP contribution in [0.25, 0.3) is 6.08 Å². The summed E-state index contributed by atoms with van der Waals surface area (Å²) in [5.41, 5.74) is 2.83. The van der Waals surface area contributed by atoms with Gasteiger partial charge in [-0.2, -0.15) is 10.1 Å². The second-order valence-electron chi connectivity index (χ2n) is 11.6. The molecule has 5 aromatic carbocycles. The van der Waals surface area contributed by atoms with Gasteiger partial charge in [-0.3, -0.25) is 19.2 Å². The first-order valence-electron chi connectivity index (χ1n) is 16.5. The molecule has 1 heterocycles. The smallest absolute Gasteiger partial charge is 0.272 e. The van der Waals surface area contributed by atoms with E-state index in [-0.39, 0.29) is 29.8 Å². The van der Waals surface area contributed by atoms with Crippen molar-refractivity contribution in [3.05, 3.63) is 156 Å². The summed E-state index contributed by atoms with van der Waals surface area (Å²) in [4.78, 5) is 53.9. The highest BCUT2D eigenvalue weighted by atomic mass is 32.2. The van der Waals surface area contributed by atoms with Gasteiger partial charge in [0, 0.05) is 16.1 Å². The van der Waals surface area contributed by atoms with Crippen LogP contribution < -0.4 is 30.4 Å². The summed E-state index contributed by atoms with van der Waals surface area (Å²) in [6, 6.07) is 39.1. The highest BCUT2D eigenvalue weighted by Gasteiger charge is 2.29. The van der Waals surface area contributed by atoms with Gasteiger partial charge in [-0.1, -0.05) is 72.8 Å². The van der Waals surface area contributed by atoms with E-state index in [1.165, 1.54) is 31.0 Å². The number of nitrogens with zero attached hydrogens (tertiary/aromatic N) is 2. The number of hydrogen-bond acceptors (Lipinski definition) is 8. The SMILES string of the molecule is COc1ccc(/C=C(\NC(=O)c2ccccc2)C(=O)Nc2ccc(SC(C(=O)NC3=NN(c4ccccc4)C(=O)C3)c3ccccc3)cc2)cc1OC. The van der Waals surface area contributed by atoms with Crippen molar-refractivity contribution >= 4 is 58.7 Å². The number of thioether (sulfide) groups is 1. The Labute approximate surface area is 310 Å².